The molecule has 2 aromatic rings. The number of hydrogen-bond donors (Lipinski definition) is 1. The molecule has 37 heavy (non-hydrogen) atoms. The highest BCUT2D eigenvalue weighted by Crippen LogP contribution is 2.45. The van der Waals surface area contributed by atoms with Crippen molar-refractivity contribution in [2.75, 3.05) is 60.7 Å². The van der Waals surface area contributed by atoms with Gasteiger partial charge in [0.05, 0.1) is 46.2 Å². The highest BCUT2D eigenvalue weighted by atomic mass is 19.1. The van der Waals surface area contributed by atoms with Crippen molar-refractivity contribution in [3.05, 3.63) is 58.9 Å². The zero-order valence-electron chi connectivity index (χ0n) is 21.2. The van der Waals surface area contributed by atoms with Crippen molar-refractivity contribution >= 4 is 17.4 Å². The molecule has 0 aliphatic carbocycles. The molecule has 9 nitrogen and oxygen atoms in total. The predicted molar refractivity (Wildman–Crippen MR) is 133 cm³/mol. The van der Waals surface area contributed by atoms with Crippen molar-refractivity contribution in [2.24, 2.45) is 0 Å². The predicted octanol–water partition coefficient (Wildman–Crippen LogP) is 3.00. The van der Waals surface area contributed by atoms with E-state index >= 15 is 0 Å². The van der Waals surface area contributed by atoms with Crippen LogP contribution in [0.2, 0.25) is 0 Å². The highest BCUT2D eigenvalue weighted by Gasteiger charge is 2.46. The lowest BCUT2D eigenvalue weighted by Crippen LogP contribution is -2.39. The Morgan fingerprint density at radius 1 is 1.00 bits per heavy atom. The number of benzene rings is 2. The maximum absolute atomic E-state index is 13.5. The van der Waals surface area contributed by atoms with Crippen molar-refractivity contribution in [1.29, 1.82) is 0 Å². The molecule has 0 saturated carbocycles. The van der Waals surface area contributed by atoms with Gasteiger partial charge in [-0.25, -0.2) is 4.39 Å². The standard InChI is InChI=1S/C27H31FN2O7/c1-34-20-15-18(16-21(35-2)26(20)36-3)23-22(24(31)17-5-7-19(28)8-6-17)25(32)27(33)30(23)10-4-9-29-11-13-37-14-12-29/h5-8,15-16,23,31H,4,9-14H2,1-3H3/b24-22-. The van der Waals surface area contributed by atoms with E-state index in [1.165, 1.54) is 50.5 Å². The Kier molecular flexibility index (Phi) is 8.30. The fourth-order valence-corrected chi connectivity index (χ4v) is 4.77. The van der Waals surface area contributed by atoms with Crippen LogP contribution in [0.4, 0.5) is 4.39 Å². The molecule has 2 fully saturated rings. The number of rotatable bonds is 9. The minimum absolute atomic E-state index is 0.0859. The zero-order chi connectivity index (χ0) is 26.5. The van der Waals surface area contributed by atoms with E-state index in [1.54, 1.807) is 12.1 Å². The molecule has 1 atom stereocenters. The molecule has 0 bridgehead atoms. The molecule has 2 aromatic carbocycles. The highest BCUT2D eigenvalue weighted by molar-refractivity contribution is 6.46. The number of carbonyl (C=O) groups is 2. The van der Waals surface area contributed by atoms with Crippen LogP contribution >= 0.6 is 0 Å². The van der Waals surface area contributed by atoms with Gasteiger partial charge >= 0.3 is 0 Å². The number of nitrogens with zero attached hydrogens (tertiary/aromatic N) is 2. The molecular weight excluding hydrogens is 483 g/mol. The summed E-state index contributed by atoms with van der Waals surface area (Å²) in [5.41, 5.74) is 0.645. The summed E-state index contributed by atoms with van der Waals surface area (Å²) in [6, 6.07) is 7.49. The van der Waals surface area contributed by atoms with Gasteiger partial charge in [-0.15, -0.1) is 0 Å². The summed E-state index contributed by atoms with van der Waals surface area (Å²) in [4.78, 5) is 30.2. The first-order valence-electron chi connectivity index (χ1n) is 12.0. The molecule has 198 valence electrons. The Bertz CT molecular complexity index is 1150. The van der Waals surface area contributed by atoms with Gasteiger partial charge in [-0.05, 0) is 48.4 Å². The van der Waals surface area contributed by atoms with Gasteiger partial charge in [-0.3, -0.25) is 14.5 Å². The Hall–Kier alpha value is -3.63. The maximum Gasteiger partial charge on any atom is 0.295 e. The third kappa shape index (κ3) is 5.40. The van der Waals surface area contributed by atoms with Crippen LogP contribution in [0.1, 0.15) is 23.6 Å². The topological polar surface area (TPSA) is 97.8 Å². The Balaban J connectivity index is 1.77. The van der Waals surface area contributed by atoms with Crippen molar-refractivity contribution in [3.63, 3.8) is 0 Å². The SMILES string of the molecule is COc1cc(C2/C(=C(/O)c3ccc(F)cc3)C(=O)C(=O)N2CCCN2CCOCC2)cc(OC)c1OC. The van der Waals surface area contributed by atoms with Crippen LogP contribution in [0.25, 0.3) is 5.76 Å². The first kappa shape index (κ1) is 26.4. The van der Waals surface area contributed by atoms with Gasteiger partial charge in [0.1, 0.15) is 11.6 Å². The minimum atomic E-state index is -0.913. The third-order valence-corrected chi connectivity index (χ3v) is 6.64. The molecule has 0 spiro atoms. The average Bonchev–Trinajstić information content (AvgIpc) is 3.17. The molecule has 2 heterocycles. The van der Waals surface area contributed by atoms with Gasteiger partial charge in [0.15, 0.2) is 11.5 Å². The van der Waals surface area contributed by atoms with Gasteiger partial charge in [0.25, 0.3) is 11.7 Å². The molecule has 4 rings (SSSR count). The van der Waals surface area contributed by atoms with Gasteiger partial charge in [-0.1, -0.05) is 0 Å². The van der Waals surface area contributed by atoms with E-state index in [2.05, 4.69) is 4.90 Å². The van der Waals surface area contributed by atoms with Crippen molar-refractivity contribution in [3.8, 4) is 17.2 Å². The smallest absolute Gasteiger partial charge is 0.295 e. The van der Waals surface area contributed by atoms with E-state index in [0.717, 1.165) is 19.6 Å². The number of aliphatic hydroxyl groups is 1. The number of morpholine rings is 1. The molecule has 10 heteroatoms. The van der Waals surface area contributed by atoms with Crippen LogP contribution in [-0.4, -0.2) is 87.3 Å². The summed E-state index contributed by atoms with van der Waals surface area (Å²) in [7, 11) is 4.42. The number of halogens is 1. The first-order chi connectivity index (χ1) is 17.9. The van der Waals surface area contributed by atoms with E-state index in [9.17, 15) is 19.1 Å². The number of aliphatic hydroxyl groups excluding tert-OH is 1. The normalized spacial score (nSPS) is 19.8. The lowest BCUT2D eigenvalue weighted by molar-refractivity contribution is -0.140. The molecule has 2 aliphatic rings. The molecule has 2 aliphatic heterocycles. The summed E-state index contributed by atoms with van der Waals surface area (Å²) in [5, 5.41) is 11.2. The zero-order valence-corrected chi connectivity index (χ0v) is 21.2. The first-order valence-corrected chi connectivity index (χ1v) is 12.0. The maximum atomic E-state index is 13.5. The quantitative estimate of drug-likeness (QED) is 0.310. The lowest BCUT2D eigenvalue weighted by Gasteiger charge is -2.29. The van der Waals surface area contributed by atoms with Crippen LogP contribution in [0.5, 0.6) is 17.2 Å². The number of methoxy groups -OCH3 is 3. The summed E-state index contributed by atoms with van der Waals surface area (Å²) in [5.74, 6) is -1.35. The second-order valence-corrected chi connectivity index (χ2v) is 8.77. The van der Waals surface area contributed by atoms with Crippen LogP contribution in [0.3, 0.4) is 0 Å². The van der Waals surface area contributed by atoms with Gasteiger partial charge in [-0.2, -0.15) is 0 Å². The molecule has 0 aromatic heterocycles. The van der Waals surface area contributed by atoms with Gasteiger partial charge < -0.3 is 29.0 Å². The Labute approximate surface area is 215 Å². The van der Waals surface area contributed by atoms with Crippen LogP contribution in [0, 0.1) is 5.82 Å². The summed E-state index contributed by atoms with van der Waals surface area (Å²) < 4.78 is 35.3. The number of ketones is 1. The molecule has 2 saturated heterocycles. The van der Waals surface area contributed by atoms with E-state index in [-0.39, 0.29) is 23.4 Å². The number of Topliss-reactive ketones (excluding diaryl/α,β-unsaturated/α-hetero) is 1. The average molecular weight is 515 g/mol. The summed E-state index contributed by atoms with van der Waals surface area (Å²) >= 11 is 0. The van der Waals surface area contributed by atoms with E-state index in [0.29, 0.717) is 42.4 Å². The van der Waals surface area contributed by atoms with Gasteiger partial charge in [0.2, 0.25) is 5.75 Å². The second kappa shape index (κ2) is 11.6. The number of likely N-dealkylation sites (tertiary alicyclic amines) is 1. The lowest BCUT2D eigenvalue weighted by atomic mass is 9.94. The van der Waals surface area contributed by atoms with E-state index in [1.807, 2.05) is 0 Å². The van der Waals surface area contributed by atoms with Crippen molar-refractivity contribution in [2.45, 2.75) is 12.5 Å². The van der Waals surface area contributed by atoms with Crippen LogP contribution in [0.15, 0.2) is 42.0 Å². The number of carbonyl (C=O) groups excluding carboxylic acids is 2. The minimum Gasteiger partial charge on any atom is -0.507 e. The van der Waals surface area contributed by atoms with E-state index in [4.69, 9.17) is 18.9 Å². The molecular formula is C27H31FN2O7. The van der Waals surface area contributed by atoms with Crippen molar-refractivity contribution < 1.29 is 38.0 Å². The monoisotopic (exact) mass is 514 g/mol. The summed E-state index contributed by atoms with van der Waals surface area (Å²) in [6.07, 6.45) is 0.616. The fraction of sp³-hybridized carbons (Fsp3) is 0.407. The molecule has 1 N–H and O–H groups in total. The number of amides is 1. The Morgan fingerprint density at radius 2 is 1.62 bits per heavy atom. The second-order valence-electron chi connectivity index (χ2n) is 8.77. The number of ether oxygens (including phenoxy) is 4. The summed E-state index contributed by atoms with van der Waals surface area (Å²) in [6.45, 7) is 3.94. The van der Waals surface area contributed by atoms with Crippen molar-refractivity contribution in [1.82, 2.24) is 9.80 Å². The Morgan fingerprint density at radius 3 is 2.19 bits per heavy atom. The number of hydrogen-bond acceptors (Lipinski definition) is 8. The molecule has 0 radical (unpaired) electrons. The molecule has 1 amide bonds. The third-order valence-electron chi connectivity index (χ3n) is 6.64. The molecule has 1 unspecified atom stereocenters. The van der Waals surface area contributed by atoms with Crippen LogP contribution in [-0.2, 0) is 14.3 Å². The van der Waals surface area contributed by atoms with Crippen LogP contribution < -0.4 is 14.2 Å². The van der Waals surface area contributed by atoms with E-state index < -0.39 is 23.5 Å². The largest absolute Gasteiger partial charge is 0.507 e. The fourth-order valence-electron chi connectivity index (χ4n) is 4.77. The van der Waals surface area contributed by atoms with Gasteiger partial charge in [0, 0.05) is 31.7 Å².